The van der Waals surface area contributed by atoms with Gasteiger partial charge in [0.25, 0.3) is 5.91 Å². The van der Waals surface area contributed by atoms with Crippen molar-refractivity contribution >= 4 is 35.1 Å². The van der Waals surface area contributed by atoms with E-state index in [1.54, 1.807) is 6.07 Å². The SMILES string of the molecule is CCCc1cc(NC(=O)c2nc(SC)ncc2Cl)n[nH]1. The molecule has 0 unspecified atom stereocenters. The van der Waals surface area contributed by atoms with Crippen LogP contribution < -0.4 is 5.32 Å². The first-order chi connectivity index (χ1) is 9.63. The fourth-order valence-electron chi connectivity index (χ4n) is 1.61. The molecule has 2 aromatic rings. The molecule has 0 atom stereocenters. The number of aryl methyl sites for hydroxylation is 1. The van der Waals surface area contributed by atoms with Crippen molar-refractivity contribution in [2.24, 2.45) is 0 Å². The molecule has 0 radical (unpaired) electrons. The number of hydrogen-bond donors (Lipinski definition) is 2. The number of nitrogens with one attached hydrogen (secondary N) is 2. The molecule has 1 amide bonds. The molecule has 2 rings (SSSR count). The topological polar surface area (TPSA) is 83.6 Å². The number of aromatic nitrogens is 4. The van der Waals surface area contributed by atoms with Crippen LogP contribution in [-0.4, -0.2) is 32.3 Å². The first-order valence-electron chi connectivity index (χ1n) is 6.06. The third kappa shape index (κ3) is 3.49. The highest BCUT2D eigenvalue weighted by atomic mass is 35.5. The Morgan fingerprint density at radius 2 is 2.35 bits per heavy atom. The van der Waals surface area contributed by atoms with Gasteiger partial charge in [0, 0.05) is 11.8 Å². The number of anilines is 1. The molecule has 2 N–H and O–H groups in total. The number of aromatic amines is 1. The van der Waals surface area contributed by atoms with Crippen molar-refractivity contribution < 1.29 is 4.79 Å². The normalized spacial score (nSPS) is 10.6. The monoisotopic (exact) mass is 311 g/mol. The van der Waals surface area contributed by atoms with Crippen LogP contribution in [-0.2, 0) is 6.42 Å². The minimum Gasteiger partial charge on any atom is -0.304 e. The number of halogens is 1. The van der Waals surface area contributed by atoms with Crippen molar-refractivity contribution in [2.45, 2.75) is 24.9 Å². The molecule has 0 bridgehead atoms. The van der Waals surface area contributed by atoms with Crippen LogP contribution in [0.15, 0.2) is 17.4 Å². The number of hydrogen-bond acceptors (Lipinski definition) is 5. The van der Waals surface area contributed by atoms with E-state index in [4.69, 9.17) is 11.6 Å². The van der Waals surface area contributed by atoms with Gasteiger partial charge in [-0.05, 0) is 12.7 Å². The average molecular weight is 312 g/mol. The van der Waals surface area contributed by atoms with E-state index in [0.29, 0.717) is 11.0 Å². The Balaban J connectivity index is 2.14. The van der Waals surface area contributed by atoms with Crippen LogP contribution in [0.25, 0.3) is 0 Å². The van der Waals surface area contributed by atoms with Crippen LogP contribution in [0.4, 0.5) is 5.82 Å². The van der Waals surface area contributed by atoms with Crippen molar-refractivity contribution in [1.29, 1.82) is 0 Å². The van der Waals surface area contributed by atoms with E-state index in [1.807, 2.05) is 6.26 Å². The Morgan fingerprint density at radius 1 is 1.55 bits per heavy atom. The Hall–Kier alpha value is -1.60. The third-order valence-corrected chi connectivity index (χ3v) is 3.35. The summed E-state index contributed by atoms with van der Waals surface area (Å²) < 4.78 is 0. The summed E-state index contributed by atoms with van der Waals surface area (Å²) in [5, 5.41) is 10.3. The van der Waals surface area contributed by atoms with Gasteiger partial charge in [-0.25, -0.2) is 9.97 Å². The Kier molecular flexibility index (Phi) is 4.97. The minimum atomic E-state index is -0.401. The summed E-state index contributed by atoms with van der Waals surface area (Å²) >= 11 is 7.29. The minimum absolute atomic E-state index is 0.144. The number of nitrogens with zero attached hydrogens (tertiary/aromatic N) is 3. The number of rotatable bonds is 5. The molecule has 0 aromatic carbocycles. The molecule has 0 aliphatic heterocycles. The second-order valence-corrected chi connectivity index (χ2v) is 5.22. The van der Waals surface area contributed by atoms with Crippen molar-refractivity contribution in [2.75, 3.05) is 11.6 Å². The van der Waals surface area contributed by atoms with Crippen molar-refractivity contribution in [3.8, 4) is 0 Å². The third-order valence-electron chi connectivity index (χ3n) is 2.51. The van der Waals surface area contributed by atoms with Crippen molar-refractivity contribution in [3.05, 3.63) is 28.7 Å². The fraction of sp³-hybridized carbons (Fsp3) is 0.333. The predicted octanol–water partition coefficient (Wildman–Crippen LogP) is 2.78. The summed E-state index contributed by atoms with van der Waals surface area (Å²) in [4.78, 5) is 20.2. The summed E-state index contributed by atoms with van der Waals surface area (Å²) in [6.07, 6.45) is 5.14. The molecular weight excluding hydrogens is 298 g/mol. The molecule has 106 valence electrons. The van der Waals surface area contributed by atoms with Crippen LogP contribution in [0.2, 0.25) is 5.02 Å². The van der Waals surface area contributed by atoms with Gasteiger partial charge in [0.05, 0.1) is 11.2 Å². The number of H-pyrrole nitrogens is 1. The van der Waals surface area contributed by atoms with Gasteiger partial charge in [-0.3, -0.25) is 9.89 Å². The zero-order valence-corrected chi connectivity index (χ0v) is 12.7. The zero-order valence-electron chi connectivity index (χ0n) is 11.1. The Bertz CT molecular complexity index is 616. The maximum absolute atomic E-state index is 12.1. The van der Waals surface area contributed by atoms with Crippen LogP contribution >= 0.6 is 23.4 Å². The molecule has 2 heterocycles. The average Bonchev–Trinajstić information content (AvgIpc) is 2.87. The van der Waals surface area contributed by atoms with Gasteiger partial charge >= 0.3 is 0 Å². The molecule has 0 spiro atoms. The molecule has 0 aliphatic rings. The molecule has 6 nitrogen and oxygen atoms in total. The standard InChI is InChI=1S/C12H14ClN5OS/c1-3-4-7-5-9(18-17-7)15-11(19)10-8(13)6-14-12(16-10)20-2/h5-6H,3-4H2,1-2H3,(H2,15,17,18,19). The summed E-state index contributed by atoms with van der Waals surface area (Å²) in [7, 11) is 0. The maximum atomic E-state index is 12.1. The highest BCUT2D eigenvalue weighted by Gasteiger charge is 2.15. The molecule has 0 aliphatic carbocycles. The van der Waals surface area contributed by atoms with Crippen LogP contribution in [0, 0.1) is 0 Å². The van der Waals surface area contributed by atoms with Gasteiger partial charge in [0.1, 0.15) is 0 Å². The van der Waals surface area contributed by atoms with Gasteiger partial charge in [-0.2, -0.15) is 5.10 Å². The Morgan fingerprint density at radius 3 is 3.05 bits per heavy atom. The van der Waals surface area contributed by atoms with Gasteiger partial charge in [-0.15, -0.1) is 0 Å². The van der Waals surface area contributed by atoms with Crippen LogP contribution in [0.5, 0.6) is 0 Å². The van der Waals surface area contributed by atoms with E-state index >= 15 is 0 Å². The van der Waals surface area contributed by atoms with E-state index in [2.05, 4.69) is 32.4 Å². The highest BCUT2D eigenvalue weighted by Crippen LogP contribution is 2.18. The summed E-state index contributed by atoms with van der Waals surface area (Å²) in [6.45, 7) is 2.07. The van der Waals surface area contributed by atoms with Gasteiger partial charge < -0.3 is 5.32 Å². The molecule has 0 saturated carbocycles. The smallest absolute Gasteiger partial charge is 0.277 e. The lowest BCUT2D eigenvalue weighted by atomic mass is 10.2. The van der Waals surface area contributed by atoms with E-state index in [1.165, 1.54) is 18.0 Å². The summed E-state index contributed by atoms with van der Waals surface area (Å²) in [5.41, 5.74) is 1.12. The molecule has 20 heavy (non-hydrogen) atoms. The lowest BCUT2D eigenvalue weighted by Gasteiger charge is -2.04. The zero-order chi connectivity index (χ0) is 14.5. The van der Waals surface area contributed by atoms with Crippen molar-refractivity contribution in [1.82, 2.24) is 20.2 Å². The van der Waals surface area contributed by atoms with Crippen LogP contribution in [0.3, 0.4) is 0 Å². The van der Waals surface area contributed by atoms with E-state index in [9.17, 15) is 4.79 Å². The number of thioether (sulfide) groups is 1. The second kappa shape index (κ2) is 6.71. The Labute approximate surface area is 125 Å². The fourth-order valence-corrected chi connectivity index (χ4v) is 2.12. The lowest BCUT2D eigenvalue weighted by molar-refractivity contribution is 0.102. The lowest BCUT2D eigenvalue weighted by Crippen LogP contribution is -2.15. The van der Waals surface area contributed by atoms with Gasteiger partial charge in [0.15, 0.2) is 16.7 Å². The van der Waals surface area contributed by atoms with E-state index in [0.717, 1.165) is 18.5 Å². The number of carbonyl (C=O) groups is 1. The predicted molar refractivity (Wildman–Crippen MR) is 79.4 cm³/mol. The maximum Gasteiger partial charge on any atom is 0.277 e. The van der Waals surface area contributed by atoms with Crippen molar-refractivity contribution in [3.63, 3.8) is 0 Å². The largest absolute Gasteiger partial charge is 0.304 e. The first-order valence-corrected chi connectivity index (χ1v) is 7.66. The highest BCUT2D eigenvalue weighted by molar-refractivity contribution is 7.98. The number of amides is 1. The summed E-state index contributed by atoms with van der Waals surface area (Å²) in [6, 6.07) is 1.80. The first kappa shape index (κ1) is 14.8. The van der Waals surface area contributed by atoms with E-state index < -0.39 is 5.91 Å². The second-order valence-electron chi connectivity index (χ2n) is 4.04. The van der Waals surface area contributed by atoms with Gasteiger partial charge in [-0.1, -0.05) is 36.7 Å². The van der Waals surface area contributed by atoms with Gasteiger partial charge in [0.2, 0.25) is 0 Å². The molecule has 0 fully saturated rings. The number of carbonyl (C=O) groups excluding carboxylic acids is 1. The quantitative estimate of drug-likeness (QED) is 0.655. The molecule has 0 saturated heterocycles. The molecular formula is C12H14ClN5OS. The summed E-state index contributed by atoms with van der Waals surface area (Å²) in [5.74, 6) is 0.0566. The van der Waals surface area contributed by atoms with Crippen LogP contribution in [0.1, 0.15) is 29.5 Å². The molecule has 8 heteroatoms. The van der Waals surface area contributed by atoms with E-state index in [-0.39, 0.29) is 10.7 Å². The molecule has 2 aromatic heterocycles.